The third-order valence-electron chi connectivity index (χ3n) is 3.31. The van der Waals surface area contributed by atoms with Crippen LogP contribution in [-0.2, 0) is 9.59 Å². The first-order chi connectivity index (χ1) is 11.9. The Morgan fingerprint density at radius 3 is 2.28 bits per heavy atom. The van der Waals surface area contributed by atoms with E-state index in [-0.39, 0.29) is 11.8 Å². The summed E-state index contributed by atoms with van der Waals surface area (Å²) in [6, 6.07) is 14.3. The molecule has 5 heteroatoms. The molecule has 2 N–H and O–H groups in total. The highest BCUT2D eigenvalue weighted by atomic mass is 35.5. The largest absolute Gasteiger partial charge is 0.326 e. The quantitative estimate of drug-likeness (QED) is 0.717. The Balaban J connectivity index is 1.90. The first-order valence-corrected chi connectivity index (χ1v) is 8.45. The maximum Gasteiger partial charge on any atom is 0.248 e. The highest BCUT2D eigenvalue weighted by Crippen LogP contribution is 2.15. The number of halogens is 1. The van der Waals surface area contributed by atoms with E-state index in [9.17, 15) is 9.59 Å². The van der Waals surface area contributed by atoms with Gasteiger partial charge in [-0.2, -0.15) is 0 Å². The summed E-state index contributed by atoms with van der Waals surface area (Å²) in [4.78, 5) is 23.7. The first-order valence-electron chi connectivity index (χ1n) is 8.07. The fourth-order valence-corrected chi connectivity index (χ4v) is 2.38. The van der Waals surface area contributed by atoms with E-state index in [2.05, 4.69) is 10.6 Å². The average Bonchev–Trinajstić information content (AvgIpc) is 2.54. The second kappa shape index (κ2) is 9.04. The van der Waals surface area contributed by atoms with Gasteiger partial charge in [-0.05, 0) is 54.0 Å². The molecule has 0 bridgehead atoms. The minimum Gasteiger partial charge on any atom is -0.326 e. The number of amides is 2. The monoisotopic (exact) mass is 356 g/mol. The fourth-order valence-electron chi connectivity index (χ4n) is 2.19. The summed E-state index contributed by atoms with van der Waals surface area (Å²) in [5.41, 5.74) is 2.21. The molecule has 25 heavy (non-hydrogen) atoms. The lowest BCUT2D eigenvalue weighted by Crippen LogP contribution is -2.14. The van der Waals surface area contributed by atoms with Crippen LogP contribution >= 0.6 is 11.6 Å². The zero-order valence-electron chi connectivity index (χ0n) is 14.3. The SMILES string of the molecule is CC(C)CC(=O)Nc1ccc(NC(=O)/C=C/c2cccc(Cl)c2)cc1. The molecule has 0 aromatic heterocycles. The van der Waals surface area contributed by atoms with E-state index in [1.165, 1.54) is 6.08 Å². The molecular weight excluding hydrogens is 336 g/mol. The van der Waals surface area contributed by atoms with Crippen molar-refractivity contribution in [2.75, 3.05) is 10.6 Å². The van der Waals surface area contributed by atoms with Crippen LogP contribution in [0.4, 0.5) is 11.4 Å². The molecule has 0 saturated carbocycles. The number of carbonyl (C=O) groups excluding carboxylic acids is 2. The summed E-state index contributed by atoms with van der Waals surface area (Å²) < 4.78 is 0. The Morgan fingerprint density at radius 2 is 1.68 bits per heavy atom. The summed E-state index contributed by atoms with van der Waals surface area (Å²) in [7, 11) is 0. The van der Waals surface area contributed by atoms with Gasteiger partial charge in [0.1, 0.15) is 0 Å². The number of anilines is 2. The second-order valence-corrected chi connectivity index (χ2v) is 6.54. The summed E-state index contributed by atoms with van der Waals surface area (Å²) in [5, 5.41) is 6.22. The van der Waals surface area contributed by atoms with E-state index in [0.29, 0.717) is 28.7 Å². The molecular formula is C20H21ClN2O2. The molecule has 130 valence electrons. The molecule has 2 rings (SSSR count). The maximum atomic E-state index is 12.0. The number of hydrogen-bond acceptors (Lipinski definition) is 2. The molecule has 2 aromatic carbocycles. The van der Waals surface area contributed by atoms with E-state index >= 15 is 0 Å². The van der Waals surface area contributed by atoms with Gasteiger partial charge in [-0.3, -0.25) is 9.59 Å². The van der Waals surface area contributed by atoms with E-state index < -0.39 is 0 Å². The molecule has 2 amide bonds. The van der Waals surface area contributed by atoms with Crippen molar-refractivity contribution in [2.45, 2.75) is 20.3 Å². The predicted molar refractivity (Wildman–Crippen MR) is 104 cm³/mol. The van der Waals surface area contributed by atoms with Crippen LogP contribution in [0.5, 0.6) is 0 Å². The van der Waals surface area contributed by atoms with E-state index in [4.69, 9.17) is 11.6 Å². The lowest BCUT2D eigenvalue weighted by molar-refractivity contribution is -0.117. The van der Waals surface area contributed by atoms with Crippen LogP contribution in [0.1, 0.15) is 25.8 Å². The minimum atomic E-state index is -0.239. The second-order valence-electron chi connectivity index (χ2n) is 6.10. The molecule has 0 saturated heterocycles. The van der Waals surface area contributed by atoms with Gasteiger partial charge in [-0.1, -0.05) is 37.6 Å². The smallest absolute Gasteiger partial charge is 0.248 e. The lowest BCUT2D eigenvalue weighted by atomic mass is 10.1. The average molecular weight is 357 g/mol. The van der Waals surface area contributed by atoms with Crippen molar-refractivity contribution in [1.82, 2.24) is 0 Å². The molecule has 4 nitrogen and oxygen atoms in total. The van der Waals surface area contributed by atoms with Gasteiger partial charge < -0.3 is 10.6 Å². The number of rotatable bonds is 6. The molecule has 0 aliphatic heterocycles. The third-order valence-corrected chi connectivity index (χ3v) is 3.54. The summed E-state index contributed by atoms with van der Waals surface area (Å²) in [6.07, 6.45) is 3.62. The van der Waals surface area contributed by atoms with Gasteiger partial charge >= 0.3 is 0 Å². The van der Waals surface area contributed by atoms with Crippen LogP contribution in [0.2, 0.25) is 5.02 Å². The molecule has 0 unspecified atom stereocenters. The lowest BCUT2D eigenvalue weighted by Gasteiger charge is -2.08. The topological polar surface area (TPSA) is 58.2 Å². The van der Waals surface area contributed by atoms with E-state index in [0.717, 1.165) is 5.56 Å². The first kappa shape index (κ1) is 18.7. The fraction of sp³-hybridized carbons (Fsp3) is 0.200. The van der Waals surface area contributed by atoms with Crippen molar-refractivity contribution in [3.63, 3.8) is 0 Å². The third kappa shape index (κ3) is 6.81. The summed E-state index contributed by atoms with van der Waals surface area (Å²) in [5.74, 6) is 0.0534. The van der Waals surface area contributed by atoms with Gasteiger partial charge in [0.05, 0.1) is 0 Å². The number of benzene rings is 2. The molecule has 0 atom stereocenters. The summed E-state index contributed by atoms with van der Waals surface area (Å²) in [6.45, 7) is 3.99. The van der Waals surface area contributed by atoms with E-state index in [1.54, 1.807) is 42.5 Å². The van der Waals surface area contributed by atoms with E-state index in [1.807, 2.05) is 26.0 Å². The highest BCUT2D eigenvalue weighted by molar-refractivity contribution is 6.30. The van der Waals surface area contributed by atoms with Crippen LogP contribution in [-0.4, -0.2) is 11.8 Å². The minimum absolute atomic E-state index is 0.0174. The number of nitrogens with one attached hydrogen (secondary N) is 2. The van der Waals surface area contributed by atoms with Crippen LogP contribution in [0.15, 0.2) is 54.6 Å². The zero-order chi connectivity index (χ0) is 18.2. The van der Waals surface area contributed by atoms with Crippen molar-refractivity contribution in [1.29, 1.82) is 0 Å². The number of hydrogen-bond donors (Lipinski definition) is 2. The Hall–Kier alpha value is -2.59. The van der Waals surface area contributed by atoms with Crippen LogP contribution in [0, 0.1) is 5.92 Å². The van der Waals surface area contributed by atoms with Crippen LogP contribution in [0.3, 0.4) is 0 Å². The van der Waals surface area contributed by atoms with Gasteiger partial charge in [0.25, 0.3) is 0 Å². The molecule has 0 spiro atoms. The molecule has 0 radical (unpaired) electrons. The molecule has 0 heterocycles. The molecule has 0 aliphatic carbocycles. The van der Waals surface area contributed by atoms with Crippen LogP contribution < -0.4 is 10.6 Å². The normalized spacial score (nSPS) is 10.9. The van der Waals surface area contributed by atoms with Gasteiger partial charge in [0.2, 0.25) is 11.8 Å². The van der Waals surface area contributed by atoms with Crippen molar-refractivity contribution in [3.05, 3.63) is 65.2 Å². The van der Waals surface area contributed by atoms with Gasteiger partial charge in [-0.25, -0.2) is 0 Å². The number of carbonyl (C=O) groups is 2. The van der Waals surface area contributed by atoms with Crippen molar-refractivity contribution < 1.29 is 9.59 Å². The molecule has 0 fully saturated rings. The Kier molecular flexibility index (Phi) is 6.78. The zero-order valence-corrected chi connectivity index (χ0v) is 15.0. The predicted octanol–water partition coefficient (Wildman–Crippen LogP) is 4.98. The maximum absolute atomic E-state index is 12.0. The molecule has 2 aromatic rings. The standard InChI is InChI=1S/C20H21ClN2O2/c1-14(2)12-20(25)23-18-9-7-17(8-10-18)22-19(24)11-6-15-4-3-5-16(21)13-15/h3-11,13-14H,12H2,1-2H3,(H,22,24)(H,23,25)/b11-6+. The van der Waals surface area contributed by atoms with Crippen molar-refractivity contribution in [2.24, 2.45) is 5.92 Å². The van der Waals surface area contributed by atoms with Gasteiger partial charge in [-0.15, -0.1) is 0 Å². The van der Waals surface area contributed by atoms with Gasteiger partial charge in [0, 0.05) is 28.9 Å². The summed E-state index contributed by atoms with van der Waals surface area (Å²) >= 11 is 5.90. The van der Waals surface area contributed by atoms with Crippen LogP contribution in [0.25, 0.3) is 6.08 Å². The molecule has 0 aliphatic rings. The Bertz CT molecular complexity index is 768. The Morgan fingerprint density at radius 1 is 1.04 bits per heavy atom. The van der Waals surface area contributed by atoms with Crippen molar-refractivity contribution in [3.8, 4) is 0 Å². The van der Waals surface area contributed by atoms with Gasteiger partial charge in [0.15, 0.2) is 0 Å². The highest BCUT2D eigenvalue weighted by Gasteiger charge is 2.05. The van der Waals surface area contributed by atoms with Crippen molar-refractivity contribution >= 4 is 40.9 Å². The Labute approximate surface area is 152 Å².